The van der Waals surface area contributed by atoms with Crippen molar-refractivity contribution < 1.29 is 4.79 Å². The van der Waals surface area contributed by atoms with Crippen LogP contribution in [-0.4, -0.2) is 21.7 Å². The molecule has 0 aliphatic carbocycles. The van der Waals surface area contributed by atoms with Crippen molar-refractivity contribution in [3.8, 4) is 0 Å². The van der Waals surface area contributed by atoms with Crippen LogP contribution in [0.3, 0.4) is 0 Å². The van der Waals surface area contributed by atoms with Crippen LogP contribution in [0, 0.1) is 0 Å². The lowest BCUT2D eigenvalue weighted by molar-refractivity contribution is 0.262. The van der Waals surface area contributed by atoms with Crippen LogP contribution in [0.5, 0.6) is 0 Å². The summed E-state index contributed by atoms with van der Waals surface area (Å²) in [6, 6.07) is 17.9. The van der Waals surface area contributed by atoms with Crippen LogP contribution in [0.25, 0.3) is 10.8 Å². The third kappa shape index (κ3) is 2.98. The monoisotopic (exact) mass is 282 g/mol. The molecular weight excluding hydrogens is 270 g/mol. The maximum atomic E-state index is 12.1. The van der Waals surface area contributed by atoms with Gasteiger partial charge in [0, 0.05) is 11.1 Å². The Hall–Kier alpha value is -2.68. The molecule has 0 fully saturated rings. The van der Waals surface area contributed by atoms with Crippen molar-refractivity contribution >= 4 is 54.8 Å². The molecule has 3 aromatic carbocycles. The molecule has 0 aliphatic rings. The maximum absolute atomic E-state index is 12.1. The van der Waals surface area contributed by atoms with Crippen LogP contribution in [-0.2, 0) is 0 Å². The smallest absolute Gasteiger partial charge is 0.308 e. The lowest BCUT2D eigenvalue weighted by Gasteiger charge is -2.12. The Bertz CT molecular complexity index is 832. The van der Waals surface area contributed by atoms with Gasteiger partial charge in [-0.05, 0) is 23.6 Å². The highest BCUT2D eigenvalue weighted by atomic mass is 16.2. The second kappa shape index (κ2) is 5.98. The molecule has 4 radical (unpaired) electrons. The fourth-order valence-electron chi connectivity index (χ4n) is 2.28. The molecule has 3 rings (SSSR count). The first-order valence-corrected chi connectivity index (χ1v) is 6.84. The SMILES string of the molecule is [B]c1ccc(NC(=O)Nc2ccc([B])c3ccccc23)cc1. The molecule has 0 saturated carbocycles. The Kier molecular flexibility index (Phi) is 3.88. The van der Waals surface area contributed by atoms with E-state index < -0.39 is 0 Å². The van der Waals surface area contributed by atoms with Crippen molar-refractivity contribution in [1.82, 2.24) is 0 Å². The number of carbonyl (C=O) groups is 1. The van der Waals surface area contributed by atoms with Gasteiger partial charge in [-0.25, -0.2) is 4.79 Å². The molecule has 0 saturated heterocycles. The van der Waals surface area contributed by atoms with Crippen LogP contribution in [0.4, 0.5) is 16.2 Å². The zero-order valence-corrected chi connectivity index (χ0v) is 11.8. The van der Waals surface area contributed by atoms with Gasteiger partial charge >= 0.3 is 6.03 Å². The van der Waals surface area contributed by atoms with E-state index in [2.05, 4.69) is 10.6 Å². The highest BCUT2D eigenvalue weighted by molar-refractivity contribution is 6.39. The van der Waals surface area contributed by atoms with Crippen molar-refractivity contribution in [3.05, 3.63) is 60.7 Å². The molecule has 0 spiro atoms. The molecular formula is C17H12B2N2O. The Labute approximate surface area is 131 Å². The van der Waals surface area contributed by atoms with Crippen LogP contribution >= 0.6 is 0 Å². The fraction of sp³-hybridized carbons (Fsp3) is 0. The Morgan fingerprint density at radius 3 is 2.18 bits per heavy atom. The zero-order chi connectivity index (χ0) is 15.5. The molecule has 5 heteroatoms. The first-order chi connectivity index (χ1) is 10.6. The second-order valence-corrected chi connectivity index (χ2v) is 4.95. The lowest BCUT2D eigenvalue weighted by atomic mass is 9.89. The van der Waals surface area contributed by atoms with Gasteiger partial charge < -0.3 is 10.6 Å². The Morgan fingerprint density at radius 2 is 1.45 bits per heavy atom. The van der Waals surface area contributed by atoms with E-state index >= 15 is 0 Å². The average molecular weight is 282 g/mol. The van der Waals surface area contributed by atoms with E-state index in [0.717, 1.165) is 10.8 Å². The summed E-state index contributed by atoms with van der Waals surface area (Å²) >= 11 is 0. The normalized spacial score (nSPS) is 10.4. The van der Waals surface area contributed by atoms with Crippen molar-refractivity contribution in [1.29, 1.82) is 0 Å². The van der Waals surface area contributed by atoms with Gasteiger partial charge in [-0.3, -0.25) is 0 Å². The van der Waals surface area contributed by atoms with E-state index in [9.17, 15) is 4.79 Å². The average Bonchev–Trinajstić information content (AvgIpc) is 2.53. The number of urea groups is 1. The van der Waals surface area contributed by atoms with Crippen molar-refractivity contribution in [2.45, 2.75) is 0 Å². The largest absolute Gasteiger partial charge is 0.323 e. The van der Waals surface area contributed by atoms with E-state index in [1.807, 2.05) is 24.3 Å². The van der Waals surface area contributed by atoms with Gasteiger partial charge in [0.05, 0.1) is 5.69 Å². The third-order valence-corrected chi connectivity index (χ3v) is 3.37. The van der Waals surface area contributed by atoms with Crippen molar-refractivity contribution in [2.75, 3.05) is 10.6 Å². The molecule has 102 valence electrons. The highest BCUT2D eigenvalue weighted by Gasteiger charge is 2.07. The van der Waals surface area contributed by atoms with Crippen LogP contribution in [0.2, 0.25) is 0 Å². The molecule has 0 unspecified atom stereocenters. The van der Waals surface area contributed by atoms with E-state index in [1.165, 1.54) is 0 Å². The number of carbonyl (C=O) groups excluding carboxylic acids is 1. The first-order valence-electron chi connectivity index (χ1n) is 6.84. The summed E-state index contributed by atoms with van der Waals surface area (Å²) < 4.78 is 0. The third-order valence-electron chi connectivity index (χ3n) is 3.37. The van der Waals surface area contributed by atoms with Gasteiger partial charge in [-0.1, -0.05) is 53.4 Å². The standard InChI is InChI=1S/C17H12B2N2O/c18-11-5-7-12(8-6-11)20-17(22)21-16-10-9-15(19)13-3-1-2-4-14(13)16/h1-10H,(H2,20,21,22). The Morgan fingerprint density at radius 1 is 0.773 bits per heavy atom. The zero-order valence-electron chi connectivity index (χ0n) is 11.8. The number of benzene rings is 3. The summed E-state index contributed by atoms with van der Waals surface area (Å²) in [5, 5.41) is 7.41. The summed E-state index contributed by atoms with van der Waals surface area (Å²) in [5.74, 6) is 0. The van der Waals surface area contributed by atoms with Crippen LogP contribution in [0.1, 0.15) is 0 Å². The summed E-state index contributed by atoms with van der Waals surface area (Å²) in [6.07, 6.45) is 0. The fourth-order valence-corrected chi connectivity index (χ4v) is 2.28. The topological polar surface area (TPSA) is 41.1 Å². The predicted octanol–water partition coefficient (Wildman–Crippen LogP) is 2.07. The molecule has 22 heavy (non-hydrogen) atoms. The van der Waals surface area contributed by atoms with Crippen molar-refractivity contribution in [2.24, 2.45) is 0 Å². The van der Waals surface area contributed by atoms with E-state index in [4.69, 9.17) is 15.7 Å². The molecule has 2 N–H and O–H groups in total. The minimum absolute atomic E-state index is 0.320. The van der Waals surface area contributed by atoms with Gasteiger partial charge in [0.15, 0.2) is 0 Å². The summed E-state index contributed by atoms with van der Waals surface area (Å²) in [6.45, 7) is 0. The summed E-state index contributed by atoms with van der Waals surface area (Å²) in [7, 11) is 11.6. The number of nitrogens with one attached hydrogen (secondary N) is 2. The van der Waals surface area contributed by atoms with E-state index in [1.54, 1.807) is 36.4 Å². The minimum atomic E-state index is -0.320. The highest BCUT2D eigenvalue weighted by Crippen LogP contribution is 2.21. The van der Waals surface area contributed by atoms with Crippen LogP contribution in [0.15, 0.2) is 60.7 Å². The molecule has 0 heterocycles. The van der Waals surface area contributed by atoms with Gasteiger partial charge in [-0.15, -0.1) is 0 Å². The van der Waals surface area contributed by atoms with Crippen LogP contribution < -0.4 is 21.6 Å². The quantitative estimate of drug-likeness (QED) is 0.694. The van der Waals surface area contributed by atoms with E-state index in [-0.39, 0.29) is 6.03 Å². The molecule has 0 aliphatic heterocycles. The number of anilines is 2. The summed E-state index contributed by atoms with van der Waals surface area (Å²) in [4.78, 5) is 12.1. The molecule has 0 atom stereocenters. The molecule has 0 aromatic heterocycles. The number of rotatable bonds is 2. The minimum Gasteiger partial charge on any atom is -0.308 e. The molecule has 3 nitrogen and oxygen atoms in total. The summed E-state index contributed by atoms with van der Waals surface area (Å²) in [5.41, 5.74) is 2.71. The number of hydrogen-bond donors (Lipinski definition) is 2. The molecule has 2 amide bonds. The Balaban J connectivity index is 1.82. The number of amides is 2. The van der Waals surface area contributed by atoms with Gasteiger partial charge in [0.25, 0.3) is 0 Å². The number of fused-ring (bicyclic) bond motifs is 1. The van der Waals surface area contributed by atoms with Gasteiger partial charge in [0.2, 0.25) is 0 Å². The molecule has 0 bridgehead atoms. The van der Waals surface area contributed by atoms with Gasteiger partial charge in [0.1, 0.15) is 15.7 Å². The second-order valence-electron chi connectivity index (χ2n) is 4.95. The first kappa shape index (κ1) is 14.3. The van der Waals surface area contributed by atoms with Crippen molar-refractivity contribution in [3.63, 3.8) is 0 Å². The maximum Gasteiger partial charge on any atom is 0.323 e. The number of hydrogen-bond acceptors (Lipinski definition) is 1. The van der Waals surface area contributed by atoms with Gasteiger partial charge in [-0.2, -0.15) is 0 Å². The predicted molar refractivity (Wildman–Crippen MR) is 93.8 cm³/mol. The van der Waals surface area contributed by atoms with E-state index in [0.29, 0.717) is 22.3 Å². The molecule has 3 aromatic rings. The lowest BCUT2D eigenvalue weighted by Crippen LogP contribution is -2.20.